The molecule has 0 saturated heterocycles. The number of rotatable bonds is 4. The van der Waals surface area contributed by atoms with Crippen molar-refractivity contribution >= 4 is 13.8 Å². The van der Waals surface area contributed by atoms with E-state index in [9.17, 15) is 14.5 Å². The Hall–Kier alpha value is -1.24. The van der Waals surface area contributed by atoms with Crippen LogP contribution in [0.25, 0.3) is 0 Å². The number of cyclic esters (lactones) is 1. The van der Waals surface area contributed by atoms with Crippen LogP contribution in [0.2, 0.25) is 0 Å². The van der Waals surface area contributed by atoms with Crippen LogP contribution in [0.15, 0.2) is 11.5 Å². The van der Waals surface area contributed by atoms with Crippen LogP contribution >= 0.6 is 7.82 Å². The summed E-state index contributed by atoms with van der Waals surface area (Å²) in [5.74, 6) is -3.39. The predicted octanol–water partition coefficient (Wildman–Crippen LogP) is 1.98. The SMILES string of the molecule is NC1CCCCC1.NC1CCCCC1.NC1CCCCC1.O=C1OC(C(O)CO)C(O)=C1OP(=O)(O)O. The molecule has 0 amide bonds. The van der Waals surface area contributed by atoms with Gasteiger partial charge in [0, 0.05) is 18.1 Å². The molecule has 4 aliphatic rings. The molecule has 218 valence electrons. The highest BCUT2D eigenvalue weighted by Gasteiger charge is 2.42. The standard InChI is InChI=1S/3C6H13N.C6H9O9P/c3*7-6-4-2-1-3-5-6;7-1-2(8)4-3(9)5(6(10)14-4)15-16(11,12)13/h3*6H,1-5,7H2;2,4,7-9H,1H2,(H2,11,12,13). The highest BCUT2D eigenvalue weighted by molar-refractivity contribution is 7.46. The van der Waals surface area contributed by atoms with E-state index in [1.807, 2.05) is 0 Å². The van der Waals surface area contributed by atoms with Gasteiger partial charge in [-0.15, -0.1) is 0 Å². The Kier molecular flexibility index (Phi) is 16.5. The smallest absolute Gasteiger partial charge is 0.505 e. The minimum absolute atomic E-state index is 0.536. The molecule has 11 N–H and O–H groups in total. The summed E-state index contributed by atoms with van der Waals surface area (Å²) in [6.45, 7) is -0.814. The van der Waals surface area contributed by atoms with Gasteiger partial charge in [-0.2, -0.15) is 0 Å². The van der Waals surface area contributed by atoms with Crippen LogP contribution in [0.1, 0.15) is 96.3 Å². The number of hydrogen-bond acceptors (Lipinski definition) is 10. The quantitative estimate of drug-likeness (QED) is 0.184. The van der Waals surface area contributed by atoms with Gasteiger partial charge in [-0.25, -0.2) is 9.36 Å². The van der Waals surface area contributed by atoms with E-state index in [0.717, 1.165) is 0 Å². The molecule has 1 aliphatic heterocycles. The largest absolute Gasteiger partial charge is 0.525 e. The maximum Gasteiger partial charge on any atom is 0.525 e. The molecule has 12 nitrogen and oxygen atoms in total. The lowest BCUT2D eigenvalue weighted by molar-refractivity contribution is -0.147. The topological polar surface area (TPSA) is 232 Å². The molecule has 13 heteroatoms. The van der Waals surface area contributed by atoms with Crippen molar-refractivity contribution in [2.75, 3.05) is 6.61 Å². The maximum absolute atomic E-state index is 11.0. The van der Waals surface area contributed by atoms with E-state index >= 15 is 0 Å². The number of nitrogens with two attached hydrogens (primary N) is 3. The average molecular weight is 554 g/mol. The van der Waals surface area contributed by atoms with E-state index in [1.165, 1.54) is 96.3 Å². The van der Waals surface area contributed by atoms with Crippen molar-refractivity contribution in [2.45, 2.75) is 127 Å². The minimum atomic E-state index is -5.02. The zero-order chi connectivity index (χ0) is 27.8. The number of hydrogen-bond donors (Lipinski definition) is 8. The molecular formula is C24H48N3O9P. The lowest BCUT2D eigenvalue weighted by atomic mass is 9.97. The highest BCUT2D eigenvalue weighted by atomic mass is 31.2. The first-order valence-corrected chi connectivity index (χ1v) is 14.9. The molecule has 2 unspecified atom stereocenters. The van der Waals surface area contributed by atoms with Crippen LogP contribution in [-0.2, 0) is 18.6 Å². The monoisotopic (exact) mass is 553 g/mol. The summed E-state index contributed by atoms with van der Waals surface area (Å²) < 4.78 is 18.7. The van der Waals surface area contributed by atoms with Crippen LogP contribution in [-0.4, -0.2) is 68.0 Å². The van der Waals surface area contributed by atoms with Crippen LogP contribution in [0.3, 0.4) is 0 Å². The lowest BCUT2D eigenvalue weighted by Crippen LogP contribution is -2.31. The van der Waals surface area contributed by atoms with Gasteiger partial charge < -0.3 is 41.8 Å². The highest BCUT2D eigenvalue weighted by Crippen LogP contribution is 2.42. The normalized spacial score (nSPS) is 24.4. The van der Waals surface area contributed by atoms with Crippen LogP contribution < -0.4 is 17.2 Å². The van der Waals surface area contributed by atoms with E-state index in [1.54, 1.807) is 0 Å². The number of carbonyl (C=O) groups is 1. The Bertz CT molecular complexity index is 678. The number of phosphoric ester groups is 1. The first kappa shape index (κ1) is 33.8. The van der Waals surface area contributed by atoms with Gasteiger partial charge in [0.2, 0.25) is 0 Å². The summed E-state index contributed by atoms with van der Waals surface area (Å²) in [6.07, 6.45) is 16.8. The van der Waals surface area contributed by atoms with Gasteiger partial charge >= 0.3 is 13.8 Å². The second kappa shape index (κ2) is 18.1. The van der Waals surface area contributed by atoms with Gasteiger partial charge in [0.25, 0.3) is 5.76 Å². The van der Waals surface area contributed by atoms with Crippen molar-refractivity contribution in [3.8, 4) is 0 Å². The first-order chi connectivity index (χ1) is 17.4. The Morgan fingerprint density at radius 2 is 1.16 bits per heavy atom. The van der Waals surface area contributed by atoms with Crippen molar-refractivity contribution in [1.82, 2.24) is 0 Å². The van der Waals surface area contributed by atoms with E-state index in [2.05, 4.69) is 9.26 Å². The minimum Gasteiger partial charge on any atom is -0.505 e. The number of aliphatic hydroxyl groups is 3. The van der Waals surface area contributed by atoms with Gasteiger partial charge in [-0.3, -0.25) is 9.79 Å². The van der Waals surface area contributed by atoms with Gasteiger partial charge in [-0.1, -0.05) is 57.8 Å². The predicted molar refractivity (Wildman–Crippen MR) is 139 cm³/mol. The summed E-state index contributed by atoms with van der Waals surface area (Å²) >= 11 is 0. The maximum atomic E-state index is 11.0. The molecule has 0 aromatic carbocycles. The van der Waals surface area contributed by atoms with Gasteiger partial charge in [0.1, 0.15) is 6.10 Å². The molecule has 2 atom stereocenters. The number of aliphatic hydroxyl groups excluding tert-OH is 3. The molecule has 3 aliphatic carbocycles. The third-order valence-corrected chi connectivity index (χ3v) is 7.04. The van der Waals surface area contributed by atoms with Gasteiger partial charge in [0.15, 0.2) is 11.9 Å². The van der Waals surface area contributed by atoms with Gasteiger partial charge in [-0.05, 0) is 38.5 Å². The van der Waals surface area contributed by atoms with Crippen LogP contribution in [0.4, 0.5) is 0 Å². The second-order valence-corrected chi connectivity index (χ2v) is 11.2. The molecule has 0 aromatic heterocycles. The molecule has 0 aromatic rings. The van der Waals surface area contributed by atoms with E-state index < -0.39 is 44.1 Å². The summed E-state index contributed by atoms with van der Waals surface area (Å²) in [6, 6.07) is 1.61. The van der Waals surface area contributed by atoms with E-state index in [4.69, 9.17) is 37.2 Å². The second-order valence-electron chi connectivity index (χ2n) is 10.1. The molecule has 4 rings (SSSR count). The van der Waals surface area contributed by atoms with Crippen LogP contribution in [0, 0.1) is 0 Å². The van der Waals surface area contributed by atoms with Crippen molar-refractivity contribution in [2.24, 2.45) is 17.2 Å². The molecule has 37 heavy (non-hydrogen) atoms. The van der Waals surface area contributed by atoms with Crippen molar-refractivity contribution in [3.05, 3.63) is 11.5 Å². The Morgan fingerprint density at radius 3 is 1.41 bits per heavy atom. The molecule has 1 heterocycles. The first-order valence-electron chi connectivity index (χ1n) is 13.4. The summed E-state index contributed by atoms with van der Waals surface area (Å²) in [5.41, 5.74) is 16.9. The Labute approximate surface area is 219 Å². The van der Waals surface area contributed by atoms with Crippen molar-refractivity contribution < 1.29 is 43.7 Å². The lowest BCUT2D eigenvalue weighted by Gasteiger charge is -2.15. The average Bonchev–Trinajstić information content (AvgIpc) is 3.13. The van der Waals surface area contributed by atoms with Crippen LogP contribution in [0.5, 0.6) is 0 Å². The molecular weight excluding hydrogens is 505 g/mol. The van der Waals surface area contributed by atoms with E-state index in [-0.39, 0.29) is 0 Å². The fraction of sp³-hybridized carbons (Fsp3) is 0.875. The summed E-state index contributed by atoms with van der Waals surface area (Å²) in [4.78, 5) is 27.8. The molecule has 0 bridgehead atoms. The van der Waals surface area contributed by atoms with Gasteiger partial charge in [0.05, 0.1) is 6.61 Å². The molecule has 0 spiro atoms. The third-order valence-electron chi connectivity index (χ3n) is 6.62. The number of carbonyl (C=O) groups excluding carboxylic acids is 1. The fourth-order valence-electron chi connectivity index (χ4n) is 4.42. The number of phosphoric acid groups is 1. The molecule has 3 fully saturated rings. The molecule has 0 radical (unpaired) electrons. The molecule has 3 saturated carbocycles. The van der Waals surface area contributed by atoms with E-state index in [0.29, 0.717) is 18.1 Å². The third kappa shape index (κ3) is 15.1. The van der Waals surface area contributed by atoms with Crippen molar-refractivity contribution in [1.29, 1.82) is 0 Å². The summed E-state index contributed by atoms with van der Waals surface area (Å²) in [5, 5.41) is 26.9. The number of esters is 1. The Morgan fingerprint density at radius 1 is 0.811 bits per heavy atom. The zero-order valence-corrected chi connectivity index (χ0v) is 22.6. The van der Waals surface area contributed by atoms with Crippen molar-refractivity contribution in [3.63, 3.8) is 0 Å². The fourth-order valence-corrected chi connectivity index (χ4v) is 4.83. The Balaban J connectivity index is 0.000000270. The summed E-state index contributed by atoms with van der Waals surface area (Å²) in [7, 11) is -5.02. The zero-order valence-electron chi connectivity index (χ0n) is 21.7. The number of ether oxygens (including phenoxy) is 1.